The topological polar surface area (TPSA) is 38.3 Å². The molecular weight excluding hydrogens is 185 g/mol. The molecule has 0 amide bonds. The van der Waals surface area contributed by atoms with E-state index in [1.807, 2.05) is 0 Å². The number of esters is 1. The van der Waals surface area contributed by atoms with Gasteiger partial charge in [-0.25, -0.2) is 9.18 Å². The maximum Gasteiger partial charge on any atom is 0.340 e. The highest BCUT2D eigenvalue weighted by Gasteiger charge is 2.18. The number of carbonyl (C=O) groups excluding carboxylic acids is 1. The predicted molar refractivity (Wildman–Crippen MR) is 48.3 cm³/mol. The van der Waals surface area contributed by atoms with Crippen LogP contribution in [0.4, 0.5) is 4.39 Å². The van der Waals surface area contributed by atoms with E-state index in [2.05, 4.69) is 10.1 Å². The van der Waals surface area contributed by atoms with E-state index < -0.39 is 11.8 Å². The largest absolute Gasteiger partial charge is 0.465 e. The van der Waals surface area contributed by atoms with E-state index in [1.165, 1.54) is 13.2 Å². The minimum atomic E-state index is -0.628. The summed E-state index contributed by atoms with van der Waals surface area (Å²) < 4.78 is 17.8. The zero-order valence-electron chi connectivity index (χ0n) is 7.76. The van der Waals surface area contributed by atoms with Crippen molar-refractivity contribution in [2.75, 3.05) is 7.11 Å². The summed E-state index contributed by atoms with van der Waals surface area (Å²) >= 11 is 0. The van der Waals surface area contributed by atoms with Crippen molar-refractivity contribution < 1.29 is 13.9 Å². The molecule has 1 aromatic rings. The van der Waals surface area contributed by atoms with Crippen molar-refractivity contribution in [2.24, 2.45) is 0 Å². The fourth-order valence-electron chi connectivity index (χ4n) is 1.59. The van der Waals surface area contributed by atoms with E-state index in [1.54, 1.807) is 6.07 Å². The number of rotatable bonds is 1. The number of carbonyl (C=O) groups is 1. The summed E-state index contributed by atoms with van der Waals surface area (Å²) in [5, 5.41) is 3.08. The molecule has 0 atom stereocenters. The number of ether oxygens (including phenoxy) is 1. The first-order valence-electron chi connectivity index (χ1n) is 4.32. The van der Waals surface area contributed by atoms with Gasteiger partial charge >= 0.3 is 5.97 Å². The second-order valence-electron chi connectivity index (χ2n) is 3.20. The first-order chi connectivity index (χ1) is 6.72. The number of benzene rings is 1. The van der Waals surface area contributed by atoms with E-state index in [-0.39, 0.29) is 5.56 Å². The standard InChI is InChI=1S/C10H10FNO2/c1-14-10(13)8-2-6-4-12-5-7(6)3-9(8)11/h2-3,12H,4-5H2,1H3. The second kappa shape index (κ2) is 3.38. The molecule has 14 heavy (non-hydrogen) atoms. The van der Waals surface area contributed by atoms with Gasteiger partial charge in [0.1, 0.15) is 5.82 Å². The Labute approximate surface area is 80.9 Å². The van der Waals surface area contributed by atoms with Gasteiger partial charge in [0.05, 0.1) is 12.7 Å². The van der Waals surface area contributed by atoms with E-state index in [0.29, 0.717) is 13.1 Å². The minimum Gasteiger partial charge on any atom is -0.465 e. The monoisotopic (exact) mass is 195 g/mol. The first-order valence-corrected chi connectivity index (χ1v) is 4.32. The molecule has 0 bridgehead atoms. The quantitative estimate of drug-likeness (QED) is 0.684. The van der Waals surface area contributed by atoms with Crippen LogP contribution in [-0.2, 0) is 17.8 Å². The maximum absolute atomic E-state index is 13.4. The van der Waals surface area contributed by atoms with Crippen molar-refractivity contribution >= 4 is 5.97 Å². The number of methoxy groups -OCH3 is 1. The Bertz CT molecular complexity index is 390. The number of halogens is 1. The Morgan fingerprint density at radius 1 is 1.43 bits per heavy atom. The third-order valence-electron chi connectivity index (χ3n) is 2.33. The van der Waals surface area contributed by atoms with Crippen molar-refractivity contribution in [1.29, 1.82) is 0 Å². The van der Waals surface area contributed by atoms with Gasteiger partial charge in [-0.1, -0.05) is 0 Å². The zero-order valence-corrected chi connectivity index (χ0v) is 7.76. The van der Waals surface area contributed by atoms with Gasteiger partial charge in [0.2, 0.25) is 0 Å². The number of hydrogen-bond donors (Lipinski definition) is 1. The van der Waals surface area contributed by atoms with Gasteiger partial charge in [-0.05, 0) is 23.3 Å². The summed E-state index contributed by atoms with van der Waals surface area (Å²) in [6, 6.07) is 2.94. The van der Waals surface area contributed by atoms with Crippen LogP contribution in [0.1, 0.15) is 21.5 Å². The van der Waals surface area contributed by atoms with Gasteiger partial charge in [-0.2, -0.15) is 0 Å². The van der Waals surface area contributed by atoms with Crippen LogP contribution in [0.3, 0.4) is 0 Å². The third-order valence-corrected chi connectivity index (χ3v) is 2.33. The minimum absolute atomic E-state index is 0.00921. The first kappa shape index (κ1) is 9.15. The molecule has 0 aromatic heterocycles. The summed E-state index contributed by atoms with van der Waals surface area (Å²) in [6.45, 7) is 1.34. The van der Waals surface area contributed by atoms with Crippen LogP contribution >= 0.6 is 0 Å². The lowest BCUT2D eigenvalue weighted by Gasteiger charge is -2.04. The molecule has 1 N–H and O–H groups in total. The molecule has 2 rings (SSSR count). The summed E-state index contributed by atoms with van der Waals surface area (Å²) in [4.78, 5) is 11.2. The Hall–Kier alpha value is -1.42. The molecular formula is C10H10FNO2. The molecule has 0 spiro atoms. The van der Waals surface area contributed by atoms with Gasteiger partial charge in [0, 0.05) is 13.1 Å². The predicted octanol–water partition coefficient (Wildman–Crippen LogP) is 1.22. The molecule has 4 heteroatoms. The van der Waals surface area contributed by atoms with Gasteiger partial charge in [-0.3, -0.25) is 0 Å². The van der Waals surface area contributed by atoms with Crippen molar-refractivity contribution in [2.45, 2.75) is 13.1 Å². The Morgan fingerprint density at radius 2 is 2.07 bits per heavy atom. The van der Waals surface area contributed by atoms with Crippen molar-refractivity contribution in [3.05, 3.63) is 34.6 Å². The highest BCUT2D eigenvalue weighted by atomic mass is 19.1. The maximum atomic E-state index is 13.4. The SMILES string of the molecule is COC(=O)c1cc2c(cc1F)CNC2. The highest BCUT2D eigenvalue weighted by molar-refractivity contribution is 5.90. The van der Waals surface area contributed by atoms with Crippen molar-refractivity contribution in [3.8, 4) is 0 Å². The summed E-state index contributed by atoms with van der Waals surface area (Å²) in [5.74, 6) is -1.14. The van der Waals surface area contributed by atoms with Crippen molar-refractivity contribution in [1.82, 2.24) is 5.32 Å². The lowest BCUT2D eigenvalue weighted by atomic mass is 10.1. The highest BCUT2D eigenvalue weighted by Crippen LogP contribution is 2.20. The number of hydrogen-bond acceptors (Lipinski definition) is 3. The van der Waals surface area contributed by atoms with Gasteiger partial charge < -0.3 is 10.1 Å². The molecule has 0 saturated carbocycles. The summed E-state index contributed by atoms with van der Waals surface area (Å²) in [5.41, 5.74) is 1.89. The normalized spacial score (nSPS) is 13.9. The van der Waals surface area contributed by atoms with Crippen LogP contribution in [0.5, 0.6) is 0 Å². The molecule has 0 radical (unpaired) electrons. The smallest absolute Gasteiger partial charge is 0.340 e. The van der Waals surface area contributed by atoms with Crippen LogP contribution in [0, 0.1) is 5.82 Å². The van der Waals surface area contributed by atoms with Crippen LogP contribution in [-0.4, -0.2) is 13.1 Å². The number of nitrogens with one attached hydrogen (secondary N) is 1. The van der Waals surface area contributed by atoms with E-state index in [4.69, 9.17) is 0 Å². The van der Waals surface area contributed by atoms with Crippen molar-refractivity contribution in [3.63, 3.8) is 0 Å². The Morgan fingerprint density at radius 3 is 2.71 bits per heavy atom. The second-order valence-corrected chi connectivity index (χ2v) is 3.20. The Kier molecular flexibility index (Phi) is 2.21. The molecule has 1 heterocycles. The fraction of sp³-hybridized carbons (Fsp3) is 0.300. The molecule has 0 aliphatic carbocycles. The summed E-state index contributed by atoms with van der Waals surface area (Å²) in [6.07, 6.45) is 0. The molecule has 1 aliphatic rings. The van der Waals surface area contributed by atoms with E-state index >= 15 is 0 Å². The molecule has 0 unspecified atom stereocenters. The average molecular weight is 195 g/mol. The molecule has 1 aromatic carbocycles. The van der Waals surface area contributed by atoms with E-state index in [9.17, 15) is 9.18 Å². The molecule has 3 nitrogen and oxygen atoms in total. The molecule has 74 valence electrons. The van der Waals surface area contributed by atoms with Crippen LogP contribution in [0.15, 0.2) is 12.1 Å². The lowest BCUT2D eigenvalue weighted by Crippen LogP contribution is -2.05. The molecule has 1 aliphatic heterocycles. The average Bonchev–Trinajstić information content (AvgIpc) is 2.62. The van der Waals surface area contributed by atoms with Gasteiger partial charge in [0.15, 0.2) is 0 Å². The van der Waals surface area contributed by atoms with Gasteiger partial charge in [-0.15, -0.1) is 0 Å². The van der Waals surface area contributed by atoms with Gasteiger partial charge in [0.25, 0.3) is 0 Å². The molecule has 0 fully saturated rings. The zero-order chi connectivity index (χ0) is 10.1. The molecule has 0 saturated heterocycles. The lowest BCUT2D eigenvalue weighted by molar-refractivity contribution is 0.0595. The van der Waals surface area contributed by atoms with Crippen LogP contribution in [0.25, 0.3) is 0 Å². The van der Waals surface area contributed by atoms with Crippen LogP contribution < -0.4 is 5.32 Å². The van der Waals surface area contributed by atoms with Crippen LogP contribution in [0.2, 0.25) is 0 Å². The summed E-state index contributed by atoms with van der Waals surface area (Å²) in [7, 11) is 1.24. The Balaban J connectivity index is 2.47. The fourth-order valence-corrected chi connectivity index (χ4v) is 1.59. The third kappa shape index (κ3) is 1.37. The van der Waals surface area contributed by atoms with E-state index in [0.717, 1.165) is 11.1 Å². The number of fused-ring (bicyclic) bond motifs is 1.